The van der Waals surface area contributed by atoms with E-state index in [1.54, 1.807) is 0 Å². The minimum Gasteiger partial charge on any atom is -0.393 e. The van der Waals surface area contributed by atoms with Gasteiger partial charge in [0.05, 0.1) is 6.10 Å². The lowest BCUT2D eigenvalue weighted by Crippen LogP contribution is -2.16. The van der Waals surface area contributed by atoms with E-state index in [1.807, 2.05) is 13.0 Å². The monoisotopic (exact) mass is 192 g/mol. The summed E-state index contributed by atoms with van der Waals surface area (Å²) in [4.78, 5) is 0. The molecule has 0 radical (unpaired) electrons. The molecule has 0 fully saturated rings. The van der Waals surface area contributed by atoms with E-state index in [0.29, 0.717) is 5.92 Å². The SMILES string of the molecule is CCC(O)C(C)CCc1ccccc1. The predicted molar refractivity (Wildman–Crippen MR) is 60.2 cm³/mol. The van der Waals surface area contributed by atoms with Crippen LogP contribution in [-0.4, -0.2) is 11.2 Å². The smallest absolute Gasteiger partial charge is 0.0563 e. The molecular formula is C13H20O. The highest BCUT2D eigenvalue weighted by atomic mass is 16.3. The van der Waals surface area contributed by atoms with Crippen molar-refractivity contribution < 1.29 is 5.11 Å². The van der Waals surface area contributed by atoms with Gasteiger partial charge in [-0.25, -0.2) is 0 Å². The van der Waals surface area contributed by atoms with Crippen LogP contribution in [0.15, 0.2) is 30.3 Å². The van der Waals surface area contributed by atoms with Gasteiger partial charge in [-0.3, -0.25) is 0 Å². The molecule has 0 spiro atoms. The van der Waals surface area contributed by atoms with Crippen molar-refractivity contribution in [2.24, 2.45) is 5.92 Å². The van der Waals surface area contributed by atoms with E-state index in [9.17, 15) is 5.11 Å². The Morgan fingerprint density at radius 3 is 2.43 bits per heavy atom. The zero-order valence-electron chi connectivity index (χ0n) is 9.11. The first-order valence-electron chi connectivity index (χ1n) is 5.46. The molecule has 78 valence electrons. The minimum atomic E-state index is -0.140. The summed E-state index contributed by atoms with van der Waals surface area (Å²) in [6.45, 7) is 4.15. The Hall–Kier alpha value is -0.820. The number of hydrogen-bond donors (Lipinski definition) is 1. The molecule has 1 aromatic rings. The molecule has 0 heterocycles. The molecule has 1 nitrogen and oxygen atoms in total. The van der Waals surface area contributed by atoms with E-state index in [-0.39, 0.29) is 6.10 Å². The average molecular weight is 192 g/mol. The number of aryl methyl sites for hydroxylation is 1. The van der Waals surface area contributed by atoms with E-state index < -0.39 is 0 Å². The number of rotatable bonds is 5. The molecule has 1 N–H and O–H groups in total. The zero-order valence-corrected chi connectivity index (χ0v) is 9.11. The van der Waals surface area contributed by atoms with Crippen molar-refractivity contribution in [3.63, 3.8) is 0 Å². The summed E-state index contributed by atoms with van der Waals surface area (Å²) in [5, 5.41) is 9.60. The van der Waals surface area contributed by atoms with Crippen LogP contribution in [0.2, 0.25) is 0 Å². The van der Waals surface area contributed by atoms with Crippen LogP contribution >= 0.6 is 0 Å². The first-order valence-corrected chi connectivity index (χ1v) is 5.46. The number of hydrogen-bond acceptors (Lipinski definition) is 1. The predicted octanol–water partition coefficient (Wildman–Crippen LogP) is 3.03. The molecule has 14 heavy (non-hydrogen) atoms. The van der Waals surface area contributed by atoms with Crippen LogP contribution in [-0.2, 0) is 6.42 Å². The van der Waals surface area contributed by atoms with Crippen molar-refractivity contribution in [3.05, 3.63) is 35.9 Å². The summed E-state index contributed by atoms with van der Waals surface area (Å²) >= 11 is 0. The lowest BCUT2D eigenvalue weighted by molar-refractivity contribution is 0.108. The quantitative estimate of drug-likeness (QED) is 0.760. The molecule has 0 aliphatic heterocycles. The minimum absolute atomic E-state index is 0.140. The third kappa shape index (κ3) is 3.51. The molecule has 0 saturated carbocycles. The normalized spacial score (nSPS) is 15.1. The molecule has 2 unspecified atom stereocenters. The summed E-state index contributed by atoms with van der Waals surface area (Å²) in [5.41, 5.74) is 1.36. The molecule has 1 aromatic carbocycles. The van der Waals surface area contributed by atoms with Gasteiger partial charge in [-0.15, -0.1) is 0 Å². The zero-order chi connectivity index (χ0) is 10.4. The molecule has 1 rings (SSSR count). The number of aliphatic hydroxyl groups excluding tert-OH is 1. The van der Waals surface area contributed by atoms with Crippen molar-refractivity contribution in [3.8, 4) is 0 Å². The fourth-order valence-electron chi connectivity index (χ4n) is 1.63. The maximum atomic E-state index is 9.60. The Kier molecular flexibility index (Phi) is 4.68. The third-order valence-corrected chi connectivity index (χ3v) is 2.81. The molecule has 0 aliphatic rings. The van der Waals surface area contributed by atoms with Gasteiger partial charge in [0.25, 0.3) is 0 Å². The van der Waals surface area contributed by atoms with Crippen molar-refractivity contribution in [2.45, 2.75) is 39.2 Å². The second-order valence-corrected chi connectivity index (χ2v) is 3.98. The van der Waals surface area contributed by atoms with Crippen LogP contribution in [0.5, 0.6) is 0 Å². The Morgan fingerprint density at radius 1 is 1.21 bits per heavy atom. The molecule has 0 aliphatic carbocycles. The van der Waals surface area contributed by atoms with E-state index in [2.05, 4.69) is 31.2 Å². The fraction of sp³-hybridized carbons (Fsp3) is 0.538. The molecule has 0 bridgehead atoms. The molecule has 0 aromatic heterocycles. The topological polar surface area (TPSA) is 20.2 Å². The summed E-state index contributed by atoms with van der Waals surface area (Å²) in [7, 11) is 0. The highest BCUT2D eigenvalue weighted by Crippen LogP contribution is 2.14. The van der Waals surface area contributed by atoms with Gasteiger partial charge in [-0.2, -0.15) is 0 Å². The highest BCUT2D eigenvalue weighted by molar-refractivity contribution is 5.14. The molecular weight excluding hydrogens is 172 g/mol. The van der Waals surface area contributed by atoms with Crippen molar-refractivity contribution in [2.75, 3.05) is 0 Å². The van der Waals surface area contributed by atoms with Crippen LogP contribution in [0.3, 0.4) is 0 Å². The molecule has 2 atom stereocenters. The van der Waals surface area contributed by atoms with Gasteiger partial charge in [0.15, 0.2) is 0 Å². The van der Waals surface area contributed by atoms with Gasteiger partial charge in [-0.1, -0.05) is 44.2 Å². The Labute approximate surface area is 86.8 Å². The van der Waals surface area contributed by atoms with Crippen LogP contribution in [0.1, 0.15) is 32.3 Å². The van der Waals surface area contributed by atoms with Gasteiger partial charge < -0.3 is 5.11 Å². The Balaban J connectivity index is 2.34. The highest BCUT2D eigenvalue weighted by Gasteiger charge is 2.11. The second-order valence-electron chi connectivity index (χ2n) is 3.98. The van der Waals surface area contributed by atoms with Gasteiger partial charge in [0.1, 0.15) is 0 Å². The molecule has 1 heteroatoms. The van der Waals surface area contributed by atoms with Crippen LogP contribution in [0.25, 0.3) is 0 Å². The number of benzene rings is 1. The first kappa shape index (κ1) is 11.3. The van der Waals surface area contributed by atoms with E-state index in [0.717, 1.165) is 19.3 Å². The van der Waals surface area contributed by atoms with Crippen LogP contribution < -0.4 is 0 Å². The summed E-state index contributed by atoms with van der Waals surface area (Å²) in [6.07, 6.45) is 2.85. The standard InChI is InChI=1S/C13H20O/c1-3-13(14)11(2)9-10-12-7-5-4-6-8-12/h4-8,11,13-14H,3,9-10H2,1-2H3. The fourth-order valence-corrected chi connectivity index (χ4v) is 1.63. The maximum Gasteiger partial charge on any atom is 0.0563 e. The van der Waals surface area contributed by atoms with E-state index >= 15 is 0 Å². The van der Waals surface area contributed by atoms with Crippen molar-refractivity contribution in [1.29, 1.82) is 0 Å². The summed E-state index contributed by atoms with van der Waals surface area (Å²) in [6, 6.07) is 10.5. The summed E-state index contributed by atoms with van der Waals surface area (Å²) in [5.74, 6) is 0.403. The van der Waals surface area contributed by atoms with Crippen LogP contribution in [0, 0.1) is 5.92 Å². The van der Waals surface area contributed by atoms with Crippen molar-refractivity contribution in [1.82, 2.24) is 0 Å². The van der Waals surface area contributed by atoms with Gasteiger partial charge >= 0.3 is 0 Å². The number of aliphatic hydroxyl groups is 1. The van der Waals surface area contributed by atoms with E-state index in [4.69, 9.17) is 0 Å². The van der Waals surface area contributed by atoms with Gasteiger partial charge in [0, 0.05) is 0 Å². The van der Waals surface area contributed by atoms with Gasteiger partial charge in [-0.05, 0) is 30.7 Å². The lowest BCUT2D eigenvalue weighted by atomic mass is 9.95. The Morgan fingerprint density at radius 2 is 1.86 bits per heavy atom. The molecule has 0 amide bonds. The molecule has 0 saturated heterocycles. The summed E-state index contributed by atoms with van der Waals surface area (Å²) < 4.78 is 0. The second kappa shape index (κ2) is 5.82. The maximum absolute atomic E-state index is 9.60. The third-order valence-electron chi connectivity index (χ3n) is 2.81. The average Bonchev–Trinajstić information content (AvgIpc) is 2.26. The first-order chi connectivity index (χ1) is 6.74. The van der Waals surface area contributed by atoms with Crippen LogP contribution in [0.4, 0.5) is 0 Å². The largest absolute Gasteiger partial charge is 0.393 e. The van der Waals surface area contributed by atoms with Gasteiger partial charge in [0.2, 0.25) is 0 Å². The van der Waals surface area contributed by atoms with Crippen molar-refractivity contribution >= 4 is 0 Å². The Bertz CT molecular complexity index is 243. The van der Waals surface area contributed by atoms with E-state index in [1.165, 1.54) is 5.56 Å². The lowest BCUT2D eigenvalue weighted by Gasteiger charge is -2.16.